The third-order valence-electron chi connectivity index (χ3n) is 2.93. The van der Waals surface area contributed by atoms with E-state index in [1.165, 1.54) is 6.34 Å². The number of benzene rings is 1. The van der Waals surface area contributed by atoms with E-state index in [9.17, 15) is 4.79 Å². The van der Waals surface area contributed by atoms with Crippen LogP contribution in [0.3, 0.4) is 0 Å². The van der Waals surface area contributed by atoms with Crippen molar-refractivity contribution < 1.29 is 9.53 Å². The number of amides is 1. The number of hydrazone groups is 1. The number of nitrogens with two attached hydrogens (primary N) is 1. The van der Waals surface area contributed by atoms with Crippen LogP contribution in [0.4, 0.5) is 0 Å². The van der Waals surface area contributed by atoms with Crippen LogP contribution in [-0.2, 0) is 11.2 Å². The lowest BCUT2D eigenvalue weighted by Gasteiger charge is -2.17. The monoisotopic (exact) mass is 245 g/mol. The second-order valence-electron chi connectivity index (χ2n) is 3.95. The summed E-state index contributed by atoms with van der Waals surface area (Å²) in [6.07, 6.45) is 4.53. The van der Waals surface area contributed by atoms with Gasteiger partial charge in [0.1, 0.15) is 12.1 Å². The Balaban J connectivity index is 2.28. The van der Waals surface area contributed by atoms with E-state index in [1.54, 1.807) is 7.11 Å². The van der Waals surface area contributed by atoms with Gasteiger partial charge in [0.05, 0.1) is 7.11 Å². The van der Waals surface area contributed by atoms with E-state index in [1.807, 2.05) is 24.3 Å². The van der Waals surface area contributed by atoms with Gasteiger partial charge in [-0.15, -0.1) is 0 Å². The van der Waals surface area contributed by atoms with Gasteiger partial charge >= 0.3 is 0 Å². The Morgan fingerprint density at radius 3 is 3.06 bits per heavy atom. The summed E-state index contributed by atoms with van der Waals surface area (Å²) in [7, 11) is 1.65. The molecule has 1 aromatic carbocycles. The lowest BCUT2D eigenvalue weighted by atomic mass is 9.91. The van der Waals surface area contributed by atoms with E-state index in [4.69, 9.17) is 10.6 Å². The fourth-order valence-electron chi connectivity index (χ4n) is 2.06. The molecule has 18 heavy (non-hydrogen) atoms. The number of methoxy groups -OCH3 is 1. The van der Waals surface area contributed by atoms with Crippen LogP contribution in [0.2, 0.25) is 0 Å². The molecular formula is C13H15N3O2. The van der Waals surface area contributed by atoms with Crippen LogP contribution in [0.15, 0.2) is 28.9 Å². The Kier molecular flexibility index (Phi) is 3.62. The number of nitrogens with one attached hydrogen (secondary N) is 1. The number of nitrogens with zero attached hydrogens (tertiary/aromatic N) is 1. The predicted octanol–water partition coefficient (Wildman–Crippen LogP) is 1.04. The summed E-state index contributed by atoms with van der Waals surface area (Å²) >= 11 is 0. The number of rotatable bonds is 3. The number of ether oxygens (including phenoxy) is 1. The van der Waals surface area contributed by atoms with E-state index in [0.29, 0.717) is 6.42 Å². The van der Waals surface area contributed by atoms with Gasteiger partial charge in [0.15, 0.2) is 0 Å². The molecule has 0 heterocycles. The molecule has 1 aliphatic carbocycles. The predicted molar refractivity (Wildman–Crippen MR) is 70.1 cm³/mol. The largest absolute Gasteiger partial charge is 0.496 e. The Hall–Kier alpha value is -2.30. The highest BCUT2D eigenvalue weighted by Gasteiger charge is 2.18. The van der Waals surface area contributed by atoms with Crippen LogP contribution >= 0.6 is 0 Å². The number of carbonyl (C=O) groups is 1. The van der Waals surface area contributed by atoms with Crippen LogP contribution in [0.1, 0.15) is 17.5 Å². The summed E-state index contributed by atoms with van der Waals surface area (Å²) < 4.78 is 5.31. The topological polar surface area (TPSA) is 76.7 Å². The second-order valence-corrected chi connectivity index (χ2v) is 3.95. The van der Waals surface area contributed by atoms with Crippen LogP contribution in [0.25, 0.3) is 6.08 Å². The summed E-state index contributed by atoms with van der Waals surface area (Å²) in [5.41, 5.74) is 2.88. The fraction of sp³-hybridized carbons (Fsp3) is 0.231. The maximum Gasteiger partial charge on any atom is 0.252 e. The minimum atomic E-state index is -0.169. The van der Waals surface area contributed by atoms with Crippen molar-refractivity contribution in [3.63, 3.8) is 0 Å². The average molecular weight is 245 g/mol. The normalized spacial score (nSPS) is 13.9. The van der Waals surface area contributed by atoms with Gasteiger partial charge in [-0.25, -0.2) is 0 Å². The first-order valence-electron chi connectivity index (χ1n) is 5.65. The third kappa shape index (κ3) is 2.34. The van der Waals surface area contributed by atoms with Gasteiger partial charge in [-0.2, -0.15) is 5.10 Å². The molecule has 1 amide bonds. The molecule has 0 saturated carbocycles. The first-order chi connectivity index (χ1) is 8.76. The minimum Gasteiger partial charge on any atom is -0.496 e. The molecule has 1 aromatic rings. The van der Waals surface area contributed by atoms with E-state index < -0.39 is 0 Å². The lowest BCUT2D eigenvalue weighted by Crippen LogP contribution is -2.25. The lowest BCUT2D eigenvalue weighted by molar-refractivity contribution is -0.116. The van der Waals surface area contributed by atoms with Crippen molar-refractivity contribution in [2.24, 2.45) is 10.9 Å². The third-order valence-corrected chi connectivity index (χ3v) is 2.93. The molecule has 3 N–H and O–H groups in total. The highest BCUT2D eigenvalue weighted by molar-refractivity contribution is 6.03. The summed E-state index contributed by atoms with van der Waals surface area (Å²) in [5.74, 6) is 5.64. The standard InChI is InChI=1S/C13H15N3O2/c1-18-12-4-2-3-9-7-10(5-6-11(9)12)13(17)15-8-16-14/h2-4,7-8H,5-6,14H2,1H3,(H,15,16,17). The SMILES string of the molecule is COc1cccc2c1CCC(C(=O)NC=NN)=C2. The average Bonchev–Trinajstić information content (AvgIpc) is 2.43. The number of hydrogen-bond donors (Lipinski definition) is 2. The van der Waals surface area contributed by atoms with Crippen LogP contribution in [0, 0.1) is 0 Å². The molecule has 94 valence electrons. The highest BCUT2D eigenvalue weighted by Crippen LogP contribution is 2.30. The first kappa shape index (κ1) is 12.2. The zero-order valence-corrected chi connectivity index (χ0v) is 10.1. The molecule has 0 aliphatic heterocycles. The van der Waals surface area contributed by atoms with Gasteiger partial charge in [0.2, 0.25) is 0 Å². The van der Waals surface area contributed by atoms with E-state index in [2.05, 4.69) is 10.4 Å². The molecule has 0 bridgehead atoms. The first-order valence-corrected chi connectivity index (χ1v) is 5.65. The molecule has 5 nitrogen and oxygen atoms in total. The Morgan fingerprint density at radius 2 is 2.33 bits per heavy atom. The van der Waals surface area contributed by atoms with Gasteiger partial charge in [-0.3, -0.25) is 4.79 Å². The summed E-state index contributed by atoms with van der Waals surface area (Å²) in [6, 6.07) is 5.82. The van der Waals surface area contributed by atoms with Gasteiger partial charge in [0.25, 0.3) is 5.91 Å². The Labute approximate surface area is 105 Å². The summed E-state index contributed by atoms with van der Waals surface area (Å²) in [5, 5.41) is 5.74. The molecule has 0 radical (unpaired) electrons. The van der Waals surface area contributed by atoms with Gasteiger partial charge in [-0.05, 0) is 30.5 Å². The molecule has 0 spiro atoms. The molecule has 1 aliphatic rings. The van der Waals surface area contributed by atoms with Gasteiger partial charge < -0.3 is 15.9 Å². The molecule has 0 unspecified atom stereocenters. The van der Waals surface area contributed by atoms with E-state index >= 15 is 0 Å². The van der Waals surface area contributed by atoms with Crippen molar-refractivity contribution in [2.75, 3.05) is 7.11 Å². The second kappa shape index (κ2) is 5.35. The van der Waals surface area contributed by atoms with Crippen molar-refractivity contribution in [1.29, 1.82) is 0 Å². The number of carbonyl (C=O) groups excluding carboxylic acids is 1. The molecule has 5 heteroatoms. The quantitative estimate of drug-likeness (QED) is 0.361. The van der Waals surface area contributed by atoms with Crippen molar-refractivity contribution in [3.8, 4) is 5.75 Å². The smallest absolute Gasteiger partial charge is 0.252 e. The minimum absolute atomic E-state index is 0.169. The Morgan fingerprint density at radius 1 is 1.50 bits per heavy atom. The van der Waals surface area contributed by atoms with E-state index in [-0.39, 0.29) is 5.91 Å². The molecule has 2 rings (SSSR count). The molecule has 0 atom stereocenters. The van der Waals surface area contributed by atoms with Gasteiger partial charge in [-0.1, -0.05) is 12.1 Å². The zero-order chi connectivity index (χ0) is 13.0. The van der Waals surface area contributed by atoms with Crippen molar-refractivity contribution in [3.05, 3.63) is 34.9 Å². The molecular weight excluding hydrogens is 230 g/mol. The maximum absolute atomic E-state index is 11.8. The van der Waals surface area contributed by atoms with Crippen molar-refractivity contribution >= 4 is 18.3 Å². The van der Waals surface area contributed by atoms with E-state index in [0.717, 1.165) is 28.9 Å². The van der Waals surface area contributed by atoms with Crippen LogP contribution in [-0.4, -0.2) is 19.4 Å². The Bertz CT molecular complexity index is 521. The van der Waals surface area contributed by atoms with Crippen LogP contribution < -0.4 is 15.9 Å². The fourth-order valence-corrected chi connectivity index (χ4v) is 2.06. The molecule has 0 fully saturated rings. The van der Waals surface area contributed by atoms with Crippen molar-refractivity contribution in [1.82, 2.24) is 5.32 Å². The van der Waals surface area contributed by atoms with Crippen LogP contribution in [0.5, 0.6) is 5.75 Å². The molecule has 0 saturated heterocycles. The summed E-state index contributed by atoms with van der Waals surface area (Å²) in [6.45, 7) is 0. The highest BCUT2D eigenvalue weighted by atomic mass is 16.5. The number of hydrogen-bond acceptors (Lipinski definition) is 4. The van der Waals surface area contributed by atoms with Crippen molar-refractivity contribution in [2.45, 2.75) is 12.8 Å². The number of fused-ring (bicyclic) bond motifs is 1. The zero-order valence-electron chi connectivity index (χ0n) is 10.1. The maximum atomic E-state index is 11.8. The molecule has 0 aromatic heterocycles. The summed E-state index contributed by atoms with van der Waals surface area (Å²) in [4.78, 5) is 11.8. The van der Waals surface area contributed by atoms with Gasteiger partial charge in [0, 0.05) is 11.1 Å².